The monoisotopic (exact) mass is 152 g/mol. The normalized spacial score (nSPS) is 17.1. The molecule has 0 saturated carbocycles. The molecule has 11 heavy (non-hydrogen) atoms. The van der Waals surface area contributed by atoms with E-state index in [2.05, 4.69) is 26.0 Å². The van der Waals surface area contributed by atoms with Crippen LogP contribution in [0.5, 0.6) is 0 Å². The first-order valence-electron chi connectivity index (χ1n) is 4.62. The molecule has 1 aliphatic rings. The fourth-order valence-electron chi connectivity index (χ4n) is 1.10. The quantitative estimate of drug-likeness (QED) is 0.490. The van der Waals surface area contributed by atoms with Gasteiger partial charge in [0.15, 0.2) is 0 Å². The minimum atomic E-state index is 1.29. The molecule has 0 aromatic rings. The van der Waals surface area contributed by atoms with Gasteiger partial charge in [0.1, 0.15) is 0 Å². The van der Waals surface area contributed by atoms with Crippen LogP contribution >= 0.6 is 0 Å². The fraction of sp³-hybridized carbons (Fsp3) is 0.636. The zero-order chi connectivity index (χ0) is 8.69. The summed E-state index contributed by atoms with van der Waals surface area (Å²) in [6.45, 7) is 8.41. The molecule has 0 amide bonds. The van der Waals surface area contributed by atoms with Crippen molar-refractivity contribution >= 4 is 0 Å². The van der Waals surface area contributed by atoms with Gasteiger partial charge in [0.25, 0.3) is 0 Å². The maximum atomic E-state index is 2.24. The lowest BCUT2D eigenvalue weighted by Crippen LogP contribution is -1.75. The minimum Gasteiger partial charge on any atom is -0.0733 e. The van der Waals surface area contributed by atoms with Crippen LogP contribution in [0.1, 0.15) is 47.0 Å². The van der Waals surface area contributed by atoms with Crippen LogP contribution in [0.15, 0.2) is 23.3 Å². The van der Waals surface area contributed by atoms with Gasteiger partial charge >= 0.3 is 0 Å². The summed E-state index contributed by atoms with van der Waals surface area (Å²) in [7, 11) is 0. The van der Waals surface area contributed by atoms with Crippen molar-refractivity contribution in [2.75, 3.05) is 0 Å². The van der Waals surface area contributed by atoms with Crippen LogP contribution in [0.3, 0.4) is 0 Å². The molecule has 0 radical (unpaired) electrons. The van der Waals surface area contributed by atoms with Gasteiger partial charge in [-0.3, -0.25) is 0 Å². The lowest BCUT2D eigenvalue weighted by atomic mass is 10.1. The Bertz CT molecular complexity index is 131. The molecule has 0 aromatic carbocycles. The van der Waals surface area contributed by atoms with Crippen molar-refractivity contribution in [1.29, 1.82) is 0 Å². The molecule has 0 saturated heterocycles. The summed E-state index contributed by atoms with van der Waals surface area (Å²) >= 11 is 0. The van der Waals surface area contributed by atoms with Crippen LogP contribution in [0.25, 0.3) is 0 Å². The maximum absolute atomic E-state index is 2.24. The van der Waals surface area contributed by atoms with Crippen LogP contribution in [0.2, 0.25) is 0 Å². The van der Waals surface area contributed by atoms with Crippen molar-refractivity contribution in [3.63, 3.8) is 0 Å². The van der Waals surface area contributed by atoms with E-state index in [1.165, 1.54) is 30.4 Å². The summed E-state index contributed by atoms with van der Waals surface area (Å²) in [5.41, 5.74) is 3.04. The lowest BCUT2D eigenvalue weighted by molar-refractivity contribution is 0.814. The molecule has 0 bridgehead atoms. The van der Waals surface area contributed by atoms with E-state index in [9.17, 15) is 0 Å². The van der Waals surface area contributed by atoms with E-state index in [1.807, 2.05) is 13.8 Å². The van der Waals surface area contributed by atoms with E-state index in [4.69, 9.17) is 0 Å². The van der Waals surface area contributed by atoms with Crippen molar-refractivity contribution in [3.8, 4) is 0 Å². The lowest BCUT2D eigenvalue weighted by Gasteiger charge is -1.94. The summed E-state index contributed by atoms with van der Waals surface area (Å²) < 4.78 is 0. The zero-order valence-electron chi connectivity index (χ0n) is 8.28. The highest BCUT2D eigenvalue weighted by Crippen LogP contribution is 2.15. The first-order chi connectivity index (χ1) is 5.29. The molecule has 0 nitrogen and oxygen atoms in total. The average Bonchev–Trinajstić information content (AvgIpc) is 2.20. The summed E-state index contributed by atoms with van der Waals surface area (Å²) in [6.07, 6.45) is 8.39. The topological polar surface area (TPSA) is 0 Å². The molecular weight excluding hydrogens is 132 g/mol. The molecule has 0 heteroatoms. The van der Waals surface area contributed by atoms with Crippen LogP contribution in [-0.2, 0) is 0 Å². The summed E-state index contributed by atoms with van der Waals surface area (Å²) in [5, 5.41) is 0. The van der Waals surface area contributed by atoms with Gasteiger partial charge in [-0.05, 0) is 33.1 Å². The molecular formula is C11H20. The Hall–Kier alpha value is -0.520. The SMILES string of the molecule is CC.CC1=CC=C(C)CCC1. The third kappa shape index (κ3) is 4.83. The van der Waals surface area contributed by atoms with E-state index in [-0.39, 0.29) is 0 Å². The molecule has 0 aromatic heterocycles. The smallest absolute Gasteiger partial charge is 0.0317 e. The third-order valence-electron chi connectivity index (χ3n) is 1.79. The van der Waals surface area contributed by atoms with E-state index in [0.717, 1.165) is 0 Å². The van der Waals surface area contributed by atoms with Crippen molar-refractivity contribution in [1.82, 2.24) is 0 Å². The zero-order valence-corrected chi connectivity index (χ0v) is 8.28. The summed E-state index contributed by atoms with van der Waals surface area (Å²) in [5.74, 6) is 0. The second-order valence-corrected chi connectivity index (χ2v) is 2.88. The first-order valence-corrected chi connectivity index (χ1v) is 4.62. The van der Waals surface area contributed by atoms with E-state index in [1.54, 1.807) is 0 Å². The van der Waals surface area contributed by atoms with E-state index >= 15 is 0 Å². The van der Waals surface area contributed by atoms with Crippen molar-refractivity contribution < 1.29 is 0 Å². The molecule has 0 heterocycles. The molecule has 64 valence electrons. The van der Waals surface area contributed by atoms with Gasteiger partial charge in [-0.1, -0.05) is 37.1 Å². The Kier molecular flexibility index (Phi) is 5.91. The molecule has 1 aliphatic carbocycles. The van der Waals surface area contributed by atoms with Crippen molar-refractivity contribution in [2.45, 2.75) is 47.0 Å². The maximum Gasteiger partial charge on any atom is -0.0317 e. The van der Waals surface area contributed by atoms with Gasteiger partial charge < -0.3 is 0 Å². The summed E-state index contributed by atoms with van der Waals surface area (Å²) in [4.78, 5) is 0. The van der Waals surface area contributed by atoms with E-state index < -0.39 is 0 Å². The average molecular weight is 152 g/mol. The molecule has 0 atom stereocenters. The molecule has 0 unspecified atom stereocenters. The van der Waals surface area contributed by atoms with Gasteiger partial charge in [-0.2, -0.15) is 0 Å². The molecule has 0 aliphatic heterocycles. The Morgan fingerprint density at radius 2 is 1.27 bits per heavy atom. The first kappa shape index (κ1) is 10.5. The van der Waals surface area contributed by atoms with Gasteiger partial charge in [-0.25, -0.2) is 0 Å². The standard InChI is InChI=1S/C9H14.C2H6/c1-8-4-3-5-9(2)7-6-8;1-2/h6-7H,3-5H2,1-2H3;1-2H3. The largest absolute Gasteiger partial charge is 0.0733 e. The second-order valence-electron chi connectivity index (χ2n) is 2.88. The van der Waals surface area contributed by atoms with Crippen molar-refractivity contribution in [2.24, 2.45) is 0 Å². The Morgan fingerprint density at radius 1 is 0.909 bits per heavy atom. The predicted molar refractivity (Wildman–Crippen MR) is 52.7 cm³/mol. The van der Waals surface area contributed by atoms with Crippen LogP contribution in [0.4, 0.5) is 0 Å². The van der Waals surface area contributed by atoms with Gasteiger partial charge in [-0.15, -0.1) is 0 Å². The number of hydrogen-bond acceptors (Lipinski definition) is 0. The van der Waals surface area contributed by atoms with Gasteiger partial charge in [0.05, 0.1) is 0 Å². The number of allylic oxidation sites excluding steroid dienone is 4. The summed E-state index contributed by atoms with van der Waals surface area (Å²) in [6, 6.07) is 0. The Morgan fingerprint density at radius 3 is 1.64 bits per heavy atom. The molecule has 1 rings (SSSR count). The number of rotatable bonds is 0. The second kappa shape index (κ2) is 6.21. The highest BCUT2D eigenvalue weighted by atomic mass is 14.0. The van der Waals surface area contributed by atoms with E-state index in [0.29, 0.717) is 0 Å². The molecule has 0 fully saturated rings. The number of hydrogen-bond donors (Lipinski definition) is 0. The van der Waals surface area contributed by atoms with Crippen LogP contribution < -0.4 is 0 Å². The Labute approximate surface area is 71.0 Å². The van der Waals surface area contributed by atoms with Gasteiger partial charge in [0.2, 0.25) is 0 Å². The third-order valence-corrected chi connectivity index (χ3v) is 1.79. The van der Waals surface area contributed by atoms with Gasteiger partial charge in [0, 0.05) is 0 Å². The predicted octanol–water partition coefficient (Wildman–Crippen LogP) is 4.09. The Balaban J connectivity index is 0.000000461. The van der Waals surface area contributed by atoms with Crippen LogP contribution in [-0.4, -0.2) is 0 Å². The van der Waals surface area contributed by atoms with Crippen LogP contribution in [0, 0.1) is 0 Å². The van der Waals surface area contributed by atoms with Crippen molar-refractivity contribution in [3.05, 3.63) is 23.3 Å². The highest BCUT2D eigenvalue weighted by Gasteiger charge is 1.95. The minimum absolute atomic E-state index is 1.29. The molecule has 0 N–H and O–H groups in total. The highest BCUT2D eigenvalue weighted by molar-refractivity contribution is 5.17. The molecule has 0 spiro atoms. The fourth-order valence-corrected chi connectivity index (χ4v) is 1.10.